The largest absolute Gasteiger partial charge is 0.484 e. The number of halogens is 1. The van der Waals surface area contributed by atoms with Crippen molar-refractivity contribution in [2.24, 2.45) is 0 Å². The smallest absolute Gasteiger partial charge is 0.151 e. The molecule has 16 heavy (non-hydrogen) atoms. The zero-order valence-electron chi connectivity index (χ0n) is 9.62. The van der Waals surface area contributed by atoms with Crippen molar-refractivity contribution < 1.29 is 14.3 Å². The third kappa shape index (κ3) is 3.32. The molecule has 0 unspecified atom stereocenters. The summed E-state index contributed by atoms with van der Waals surface area (Å²) in [5, 5.41) is 0. The van der Waals surface area contributed by atoms with E-state index in [1.165, 1.54) is 0 Å². The fraction of sp³-hybridized carbons (Fsp3) is 0.417. The van der Waals surface area contributed by atoms with Gasteiger partial charge < -0.3 is 9.47 Å². The zero-order valence-corrected chi connectivity index (χ0v) is 11.2. The van der Waals surface area contributed by atoms with Crippen LogP contribution in [0.3, 0.4) is 0 Å². The Morgan fingerprint density at radius 2 is 2.12 bits per heavy atom. The Labute approximate surface area is 104 Å². The molecule has 0 aliphatic carbocycles. The maximum atomic E-state index is 10.8. The van der Waals surface area contributed by atoms with Crippen LogP contribution in [0.5, 0.6) is 5.75 Å². The Hall–Kier alpha value is -0.870. The summed E-state index contributed by atoms with van der Waals surface area (Å²) in [5.74, 6) is 0.645. The van der Waals surface area contributed by atoms with Crippen molar-refractivity contribution in [2.75, 3.05) is 13.7 Å². The Kier molecular flexibility index (Phi) is 4.50. The number of benzene rings is 1. The second-order valence-corrected chi connectivity index (χ2v) is 4.86. The molecule has 1 aromatic carbocycles. The number of ether oxygens (including phenoxy) is 2. The van der Waals surface area contributed by atoms with E-state index in [4.69, 9.17) is 9.47 Å². The van der Waals surface area contributed by atoms with Crippen LogP contribution in [0.25, 0.3) is 0 Å². The second-order valence-electron chi connectivity index (χ2n) is 4.07. The predicted molar refractivity (Wildman–Crippen MR) is 66.1 cm³/mol. The quantitative estimate of drug-likeness (QED) is 0.781. The molecule has 0 N–H and O–H groups in total. The fourth-order valence-electron chi connectivity index (χ4n) is 1.37. The maximum absolute atomic E-state index is 10.8. The first kappa shape index (κ1) is 13.2. The highest BCUT2D eigenvalue weighted by Crippen LogP contribution is 2.30. The molecule has 0 saturated carbocycles. The van der Waals surface area contributed by atoms with E-state index < -0.39 is 5.60 Å². The third-order valence-electron chi connectivity index (χ3n) is 2.00. The van der Waals surface area contributed by atoms with Crippen molar-refractivity contribution in [3.05, 3.63) is 28.2 Å². The molecule has 3 nitrogen and oxygen atoms in total. The van der Waals surface area contributed by atoms with Crippen LogP contribution in [0.15, 0.2) is 22.7 Å². The van der Waals surface area contributed by atoms with E-state index in [9.17, 15) is 4.79 Å². The average molecular weight is 287 g/mol. The zero-order chi connectivity index (χ0) is 12.2. The Balaban J connectivity index is 2.93. The molecule has 0 amide bonds. The van der Waals surface area contributed by atoms with E-state index in [0.29, 0.717) is 22.4 Å². The van der Waals surface area contributed by atoms with Gasteiger partial charge in [-0.25, -0.2) is 0 Å². The first-order valence-corrected chi connectivity index (χ1v) is 5.71. The number of aldehydes is 1. The summed E-state index contributed by atoms with van der Waals surface area (Å²) in [5.41, 5.74) is 0.143. The number of rotatable bonds is 5. The molecular formula is C12H15BrO3. The number of hydrogen-bond acceptors (Lipinski definition) is 3. The van der Waals surface area contributed by atoms with Crippen LogP contribution >= 0.6 is 15.9 Å². The van der Waals surface area contributed by atoms with Gasteiger partial charge in [-0.1, -0.05) is 12.1 Å². The van der Waals surface area contributed by atoms with Crippen molar-refractivity contribution in [2.45, 2.75) is 19.4 Å². The molecule has 1 aromatic rings. The van der Waals surface area contributed by atoms with Crippen LogP contribution in [0.4, 0.5) is 0 Å². The summed E-state index contributed by atoms with van der Waals surface area (Å²) in [4.78, 5) is 10.8. The van der Waals surface area contributed by atoms with Gasteiger partial charge in [0.2, 0.25) is 0 Å². The lowest BCUT2D eigenvalue weighted by Gasteiger charge is -2.26. The lowest BCUT2D eigenvalue weighted by molar-refractivity contribution is 0.0175. The number of carbonyl (C=O) groups excluding carboxylic acids is 1. The predicted octanol–water partition coefficient (Wildman–Crippen LogP) is 3.07. The van der Waals surface area contributed by atoms with Gasteiger partial charge in [-0.15, -0.1) is 0 Å². The minimum atomic E-state index is -0.432. The number of methoxy groups -OCH3 is 1. The molecule has 0 aliphatic rings. The Morgan fingerprint density at radius 1 is 1.44 bits per heavy atom. The summed E-state index contributed by atoms with van der Waals surface area (Å²) in [6, 6.07) is 5.33. The molecule has 0 aliphatic heterocycles. The monoisotopic (exact) mass is 286 g/mol. The molecule has 88 valence electrons. The minimum absolute atomic E-state index is 0.432. The molecule has 0 bridgehead atoms. The summed E-state index contributed by atoms with van der Waals surface area (Å²) < 4.78 is 11.5. The van der Waals surface area contributed by atoms with Gasteiger partial charge in [-0.05, 0) is 35.8 Å². The molecular weight excluding hydrogens is 272 g/mol. The molecule has 0 heterocycles. The van der Waals surface area contributed by atoms with E-state index in [2.05, 4.69) is 15.9 Å². The van der Waals surface area contributed by atoms with Crippen molar-refractivity contribution in [3.63, 3.8) is 0 Å². The molecule has 0 spiro atoms. The van der Waals surface area contributed by atoms with E-state index >= 15 is 0 Å². The number of hydrogen-bond donors (Lipinski definition) is 0. The molecule has 1 rings (SSSR count). The van der Waals surface area contributed by atoms with Crippen LogP contribution in [0, 0.1) is 0 Å². The van der Waals surface area contributed by atoms with Crippen molar-refractivity contribution in [1.82, 2.24) is 0 Å². The third-order valence-corrected chi connectivity index (χ3v) is 2.85. The topological polar surface area (TPSA) is 35.5 Å². The van der Waals surface area contributed by atoms with Gasteiger partial charge in [0.05, 0.1) is 11.1 Å². The molecule has 0 saturated heterocycles. The molecule has 4 heteroatoms. The Bertz CT molecular complexity index is 375. The van der Waals surface area contributed by atoms with Gasteiger partial charge in [-0.3, -0.25) is 4.79 Å². The SMILES string of the molecule is COCC(C)(C)Oc1cccc(C=O)c1Br. The normalized spacial score (nSPS) is 11.2. The minimum Gasteiger partial charge on any atom is -0.484 e. The highest BCUT2D eigenvalue weighted by molar-refractivity contribution is 9.10. The van der Waals surface area contributed by atoms with Gasteiger partial charge in [0.1, 0.15) is 11.4 Å². The highest BCUT2D eigenvalue weighted by Gasteiger charge is 2.21. The first-order valence-electron chi connectivity index (χ1n) is 4.92. The summed E-state index contributed by atoms with van der Waals surface area (Å²) in [6.07, 6.45) is 0.792. The summed E-state index contributed by atoms with van der Waals surface area (Å²) >= 11 is 3.35. The fourth-order valence-corrected chi connectivity index (χ4v) is 1.81. The Morgan fingerprint density at radius 3 is 2.69 bits per heavy atom. The van der Waals surface area contributed by atoms with Crippen LogP contribution < -0.4 is 4.74 Å². The van der Waals surface area contributed by atoms with Gasteiger partial charge in [0.25, 0.3) is 0 Å². The van der Waals surface area contributed by atoms with Crippen LogP contribution in [-0.2, 0) is 4.74 Å². The summed E-state index contributed by atoms with van der Waals surface area (Å²) in [6.45, 7) is 4.33. The van der Waals surface area contributed by atoms with Crippen LogP contribution in [0.1, 0.15) is 24.2 Å². The average Bonchev–Trinajstić information content (AvgIpc) is 2.21. The van der Waals surface area contributed by atoms with Crippen LogP contribution in [0.2, 0.25) is 0 Å². The molecule has 0 fully saturated rings. The van der Waals surface area contributed by atoms with Gasteiger partial charge >= 0.3 is 0 Å². The summed E-state index contributed by atoms with van der Waals surface area (Å²) in [7, 11) is 1.63. The van der Waals surface area contributed by atoms with E-state index in [1.807, 2.05) is 19.9 Å². The first-order chi connectivity index (χ1) is 7.50. The van der Waals surface area contributed by atoms with E-state index in [1.54, 1.807) is 19.2 Å². The van der Waals surface area contributed by atoms with E-state index in [-0.39, 0.29) is 0 Å². The van der Waals surface area contributed by atoms with Crippen molar-refractivity contribution in [1.29, 1.82) is 0 Å². The van der Waals surface area contributed by atoms with Crippen LogP contribution in [-0.4, -0.2) is 25.6 Å². The highest BCUT2D eigenvalue weighted by atomic mass is 79.9. The second kappa shape index (κ2) is 5.46. The van der Waals surface area contributed by atoms with Crippen molar-refractivity contribution >= 4 is 22.2 Å². The molecule has 0 atom stereocenters. The standard InChI is InChI=1S/C12H15BrO3/c1-12(2,8-15-3)16-10-6-4-5-9(7-14)11(10)13/h4-7H,8H2,1-3H3. The van der Waals surface area contributed by atoms with Gasteiger partial charge in [0.15, 0.2) is 6.29 Å². The van der Waals surface area contributed by atoms with Crippen molar-refractivity contribution in [3.8, 4) is 5.75 Å². The lowest BCUT2D eigenvalue weighted by atomic mass is 10.1. The van der Waals surface area contributed by atoms with Gasteiger partial charge in [0, 0.05) is 12.7 Å². The van der Waals surface area contributed by atoms with Gasteiger partial charge in [-0.2, -0.15) is 0 Å². The molecule has 0 aromatic heterocycles. The maximum Gasteiger partial charge on any atom is 0.151 e. The molecule has 0 radical (unpaired) electrons. The number of carbonyl (C=O) groups is 1. The lowest BCUT2D eigenvalue weighted by Crippen LogP contribution is -2.33. The van der Waals surface area contributed by atoms with E-state index in [0.717, 1.165) is 6.29 Å².